The molecule has 1 amide bonds. The normalized spacial score (nSPS) is 11.0. The Balaban J connectivity index is 1.60. The summed E-state index contributed by atoms with van der Waals surface area (Å²) < 4.78 is 33.9. The highest BCUT2D eigenvalue weighted by molar-refractivity contribution is 9.10. The quantitative estimate of drug-likeness (QED) is 0.495. The molecule has 0 aliphatic rings. The second kappa shape index (κ2) is 9.32. The van der Waals surface area contributed by atoms with Crippen LogP contribution in [0.25, 0.3) is 0 Å². The number of rotatable bonds is 7. The van der Waals surface area contributed by atoms with E-state index in [-0.39, 0.29) is 17.4 Å². The number of hydrogen-bond donors (Lipinski definition) is 2. The average molecular weight is 489 g/mol. The number of sulfonamides is 1. The van der Waals surface area contributed by atoms with E-state index in [9.17, 15) is 13.2 Å². The van der Waals surface area contributed by atoms with Gasteiger partial charge in [0.1, 0.15) is 5.75 Å². The molecule has 0 atom stereocenters. The van der Waals surface area contributed by atoms with Gasteiger partial charge >= 0.3 is 0 Å². The molecule has 3 rings (SSSR count). The monoisotopic (exact) mass is 488 g/mol. The second-order valence-electron chi connectivity index (χ2n) is 6.69. The minimum atomic E-state index is -3.70. The lowest BCUT2D eigenvalue weighted by molar-refractivity contribution is -0.118. The summed E-state index contributed by atoms with van der Waals surface area (Å²) in [6, 6.07) is 18.4. The van der Waals surface area contributed by atoms with Crippen molar-refractivity contribution < 1.29 is 17.9 Å². The highest BCUT2D eigenvalue weighted by Crippen LogP contribution is 2.25. The van der Waals surface area contributed by atoms with Gasteiger partial charge in [0.2, 0.25) is 0 Å². The molecular formula is C22H21BrN2O4S. The van der Waals surface area contributed by atoms with Crippen molar-refractivity contribution in [3.05, 3.63) is 82.3 Å². The maximum atomic E-state index is 12.5. The molecule has 30 heavy (non-hydrogen) atoms. The van der Waals surface area contributed by atoms with Gasteiger partial charge in [0.05, 0.1) is 4.90 Å². The number of anilines is 2. The van der Waals surface area contributed by atoms with E-state index in [4.69, 9.17) is 4.74 Å². The number of carbonyl (C=O) groups excluding carboxylic acids is 1. The van der Waals surface area contributed by atoms with Gasteiger partial charge in [-0.05, 0) is 73.5 Å². The summed E-state index contributed by atoms with van der Waals surface area (Å²) in [6.07, 6.45) is 0. The van der Waals surface area contributed by atoms with Gasteiger partial charge < -0.3 is 10.1 Å². The topological polar surface area (TPSA) is 84.5 Å². The Morgan fingerprint density at radius 1 is 0.967 bits per heavy atom. The van der Waals surface area contributed by atoms with Crippen molar-refractivity contribution >= 4 is 43.2 Å². The Labute approximate surface area is 184 Å². The average Bonchev–Trinajstić information content (AvgIpc) is 2.70. The van der Waals surface area contributed by atoms with Crippen LogP contribution in [0, 0.1) is 13.8 Å². The number of benzene rings is 3. The Bertz CT molecular complexity index is 1120. The number of ether oxygens (including phenoxy) is 1. The van der Waals surface area contributed by atoms with Crippen LogP contribution in [-0.4, -0.2) is 20.9 Å². The van der Waals surface area contributed by atoms with Crippen LogP contribution in [0.2, 0.25) is 0 Å². The maximum absolute atomic E-state index is 12.5. The standard InChI is InChI=1S/C22H21BrN2O4S/c1-15-12-17(23)13-16(2)22(15)24-21(26)14-29-19-8-10-20(11-9-19)30(27,28)25-18-6-4-3-5-7-18/h3-13,25H,14H2,1-2H3,(H,24,26). The van der Waals surface area contributed by atoms with Gasteiger partial charge in [-0.1, -0.05) is 34.1 Å². The molecule has 0 unspecified atom stereocenters. The molecule has 8 heteroatoms. The lowest BCUT2D eigenvalue weighted by atomic mass is 10.1. The van der Waals surface area contributed by atoms with Crippen LogP contribution in [0.15, 0.2) is 76.1 Å². The summed E-state index contributed by atoms with van der Waals surface area (Å²) in [6.45, 7) is 3.64. The van der Waals surface area contributed by atoms with E-state index in [0.29, 0.717) is 11.4 Å². The molecule has 2 N–H and O–H groups in total. The van der Waals surface area contributed by atoms with Crippen LogP contribution in [0.3, 0.4) is 0 Å². The fraction of sp³-hybridized carbons (Fsp3) is 0.136. The molecule has 0 aromatic heterocycles. The van der Waals surface area contributed by atoms with Gasteiger partial charge in [0.15, 0.2) is 6.61 Å². The SMILES string of the molecule is Cc1cc(Br)cc(C)c1NC(=O)COc1ccc(S(=O)(=O)Nc2ccccc2)cc1. The lowest BCUT2D eigenvalue weighted by Gasteiger charge is -2.13. The van der Waals surface area contributed by atoms with Crippen molar-refractivity contribution in [1.82, 2.24) is 0 Å². The molecule has 0 aliphatic heterocycles. The van der Waals surface area contributed by atoms with Crippen molar-refractivity contribution in [2.75, 3.05) is 16.6 Å². The number of carbonyl (C=O) groups is 1. The van der Waals surface area contributed by atoms with Crippen LogP contribution in [0.1, 0.15) is 11.1 Å². The van der Waals surface area contributed by atoms with E-state index in [1.165, 1.54) is 24.3 Å². The highest BCUT2D eigenvalue weighted by atomic mass is 79.9. The molecule has 6 nitrogen and oxygen atoms in total. The van der Waals surface area contributed by atoms with Gasteiger partial charge in [-0.15, -0.1) is 0 Å². The zero-order valence-corrected chi connectivity index (χ0v) is 18.9. The van der Waals surface area contributed by atoms with E-state index in [1.807, 2.05) is 26.0 Å². The van der Waals surface area contributed by atoms with E-state index in [1.54, 1.807) is 30.3 Å². The molecule has 3 aromatic carbocycles. The van der Waals surface area contributed by atoms with Gasteiger partial charge in [-0.25, -0.2) is 8.42 Å². The van der Waals surface area contributed by atoms with Gasteiger partial charge in [0, 0.05) is 15.8 Å². The molecular weight excluding hydrogens is 468 g/mol. The highest BCUT2D eigenvalue weighted by Gasteiger charge is 2.14. The third-order valence-corrected chi connectivity index (χ3v) is 6.15. The van der Waals surface area contributed by atoms with Gasteiger partial charge in [0.25, 0.3) is 15.9 Å². The smallest absolute Gasteiger partial charge is 0.262 e. The van der Waals surface area contributed by atoms with E-state index in [0.717, 1.165) is 21.3 Å². The lowest BCUT2D eigenvalue weighted by Crippen LogP contribution is -2.21. The first kappa shape index (κ1) is 21.9. The molecule has 0 bridgehead atoms. The van der Waals surface area contributed by atoms with Gasteiger partial charge in [-0.2, -0.15) is 0 Å². The zero-order chi connectivity index (χ0) is 21.7. The molecule has 0 saturated carbocycles. The first-order valence-corrected chi connectivity index (χ1v) is 11.4. The number of amides is 1. The molecule has 0 spiro atoms. The Hall–Kier alpha value is -2.84. The van der Waals surface area contributed by atoms with Crippen LogP contribution in [0.4, 0.5) is 11.4 Å². The summed E-state index contributed by atoms with van der Waals surface area (Å²) in [7, 11) is -3.70. The Morgan fingerprint density at radius 3 is 2.17 bits per heavy atom. The number of para-hydroxylation sites is 1. The Morgan fingerprint density at radius 2 is 1.57 bits per heavy atom. The van der Waals surface area contributed by atoms with Crippen LogP contribution in [-0.2, 0) is 14.8 Å². The molecule has 0 heterocycles. The first-order valence-electron chi connectivity index (χ1n) is 9.12. The zero-order valence-electron chi connectivity index (χ0n) is 16.5. The Kier molecular flexibility index (Phi) is 6.79. The number of hydrogen-bond acceptors (Lipinski definition) is 4. The van der Waals surface area contributed by atoms with Crippen molar-refractivity contribution in [2.24, 2.45) is 0 Å². The number of nitrogens with one attached hydrogen (secondary N) is 2. The number of aryl methyl sites for hydroxylation is 2. The summed E-state index contributed by atoms with van der Waals surface area (Å²) >= 11 is 3.43. The predicted octanol–water partition coefficient (Wildman–Crippen LogP) is 4.88. The predicted molar refractivity (Wildman–Crippen MR) is 121 cm³/mol. The molecule has 0 aliphatic carbocycles. The second-order valence-corrected chi connectivity index (χ2v) is 9.29. The van der Waals surface area contributed by atoms with Crippen LogP contribution < -0.4 is 14.8 Å². The molecule has 0 radical (unpaired) electrons. The molecule has 0 fully saturated rings. The molecule has 3 aromatic rings. The first-order chi connectivity index (χ1) is 14.2. The maximum Gasteiger partial charge on any atom is 0.262 e. The summed E-state index contributed by atoms with van der Waals surface area (Å²) in [5, 5.41) is 2.85. The van der Waals surface area contributed by atoms with Crippen molar-refractivity contribution in [2.45, 2.75) is 18.7 Å². The molecule has 156 valence electrons. The third kappa shape index (κ3) is 5.61. The van der Waals surface area contributed by atoms with E-state index >= 15 is 0 Å². The van der Waals surface area contributed by atoms with Gasteiger partial charge in [-0.3, -0.25) is 9.52 Å². The van der Waals surface area contributed by atoms with Crippen molar-refractivity contribution in [3.8, 4) is 5.75 Å². The van der Waals surface area contributed by atoms with Crippen LogP contribution in [0.5, 0.6) is 5.75 Å². The minimum absolute atomic E-state index is 0.101. The van der Waals surface area contributed by atoms with Crippen molar-refractivity contribution in [1.29, 1.82) is 0 Å². The summed E-state index contributed by atoms with van der Waals surface area (Å²) in [5.41, 5.74) is 3.11. The largest absolute Gasteiger partial charge is 0.484 e. The summed E-state index contributed by atoms with van der Waals surface area (Å²) in [4.78, 5) is 12.4. The number of halogens is 1. The molecule has 0 saturated heterocycles. The summed E-state index contributed by atoms with van der Waals surface area (Å²) in [5.74, 6) is 0.0963. The fourth-order valence-electron chi connectivity index (χ4n) is 2.87. The van der Waals surface area contributed by atoms with E-state index < -0.39 is 10.0 Å². The van der Waals surface area contributed by atoms with Crippen molar-refractivity contribution in [3.63, 3.8) is 0 Å². The fourth-order valence-corrected chi connectivity index (χ4v) is 4.61. The van der Waals surface area contributed by atoms with E-state index in [2.05, 4.69) is 26.0 Å². The minimum Gasteiger partial charge on any atom is -0.484 e. The van der Waals surface area contributed by atoms with Crippen LogP contribution >= 0.6 is 15.9 Å². The third-order valence-electron chi connectivity index (χ3n) is 4.29.